The van der Waals surface area contributed by atoms with E-state index in [0.29, 0.717) is 5.56 Å². The van der Waals surface area contributed by atoms with Crippen LogP contribution in [0.5, 0.6) is 0 Å². The fourth-order valence-electron chi connectivity index (χ4n) is 0.910. The summed E-state index contributed by atoms with van der Waals surface area (Å²) in [7, 11) is 0. The van der Waals surface area contributed by atoms with Crippen LogP contribution < -0.4 is 5.43 Å². The molecular formula is C10H10BrClN2O2. The van der Waals surface area contributed by atoms with E-state index >= 15 is 0 Å². The van der Waals surface area contributed by atoms with Crippen LogP contribution in [0.15, 0.2) is 33.8 Å². The number of amides is 1. The van der Waals surface area contributed by atoms with Gasteiger partial charge in [0.2, 0.25) is 0 Å². The van der Waals surface area contributed by atoms with Crippen LogP contribution in [0.1, 0.15) is 12.5 Å². The van der Waals surface area contributed by atoms with Gasteiger partial charge in [0.1, 0.15) is 0 Å². The molecule has 1 rings (SSSR count). The Labute approximate surface area is 107 Å². The summed E-state index contributed by atoms with van der Waals surface area (Å²) in [5.41, 5.74) is 2.89. The quantitative estimate of drug-likeness (QED) is 0.689. The Kier molecular flexibility index (Phi) is 5.28. The van der Waals surface area contributed by atoms with E-state index in [-0.39, 0.29) is 11.8 Å². The maximum atomic E-state index is 10.9. The smallest absolute Gasteiger partial charge is 0.427 e. The van der Waals surface area contributed by atoms with Crippen molar-refractivity contribution in [2.24, 2.45) is 5.10 Å². The van der Waals surface area contributed by atoms with Gasteiger partial charge in [0, 0.05) is 10.0 Å². The minimum Gasteiger partial charge on any atom is -0.449 e. The summed E-state index contributed by atoms with van der Waals surface area (Å²) in [5, 5.41) is 3.88. The van der Waals surface area contributed by atoms with Crippen molar-refractivity contribution in [3.8, 4) is 0 Å². The van der Waals surface area contributed by atoms with Crippen molar-refractivity contribution in [1.29, 1.82) is 0 Å². The molecular weight excluding hydrogens is 295 g/mol. The van der Waals surface area contributed by atoms with E-state index in [1.165, 1.54) is 0 Å². The standard InChI is InChI=1S/C10H10BrClN2O2/c1-2-16-10(15)14-13-9(12)7-3-5-8(11)6-4-7/h3-6H,2H2,1H3,(H,14,15). The van der Waals surface area contributed by atoms with E-state index in [1.54, 1.807) is 19.1 Å². The number of halogens is 2. The molecule has 1 amide bonds. The molecule has 0 heterocycles. The summed E-state index contributed by atoms with van der Waals surface area (Å²) in [6, 6.07) is 7.22. The van der Waals surface area contributed by atoms with Crippen LogP contribution in [0.4, 0.5) is 4.79 Å². The lowest BCUT2D eigenvalue weighted by atomic mass is 10.2. The van der Waals surface area contributed by atoms with Gasteiger partial charge in [-0.15, -0.1) is 0 Å². The number of rotatable bonds is 3. The van der Waals surface area contributed by atoms with Crippen molar-refractivity contribution in [2.75, 3.05) is 6.61 Å². The Morgan fingerprint density at radius 3 is 2.69 bits per heavy atom. The number of nitrogens with zero attached hydrogens (tertiary/aromatic N) is 1. The van der Waals surface area contributed by atoms with Crippen LogP contribution in [0.2, 0.25) is 0 Å². The van der Waals surface area contributed by atoms with Gasteiger partial charge >= 0.3 is 6.09 Å². The molecule has 16 heavy (non-hydrogen) atoms. The van der Waals surface area contributed by atoms with E-state index in [1.807, 2.05) is 12.1 Å². The zero-order valence-electron chi connectivity index (χ0n) is 8.54. The van der Waals surface area contributed by atoms with Gasteiger partial charge in [-0.1, -0.05) is 39.7 Å². The number of benzene rings is 1. The molecule has 0 spiro atoms. The molecule has 1 aromatic rings. The van der Waals surface area contributed by atoms with Crippen LogP contribution in [0.25, 0.3) is 0 Å². The Bertz CT molecular complexity index is 392. The summed E-state index contributed by atoms with van der Waals surface area (Å²) < 4.78 is 5.57. The van der Waals surface area contributed by atoms with Gasteiger partial charge in [0.15, 0.2) is 5.17 Å². The first-order valence-corrected chi connectivity index (χ1v) is 5.72. The Morgan fingerprint density at radius 1 is 1.50 bits per heavy atom. The molecule has 86 valence electrons. The maximum absolute atomic E-state index is 10.9. The summed E-state index contributed by atoms with van der Waals surface area (Å²) in [4.78, 5) is 10.9. The number of ether oxygens (including phenoxy) is 1. The lowest BCUT2D eigenvalue weighted by Gasteiger charge is -2.01. The molecule has 0 aliphatic heterocycles. The van der Waals surface area contributed by atoms with Gasteiger partial charge in [-0.05, 0) is 19.1 Å². The number of carbonyl (C=O) groups is 1. The van der Waals surface area contributed by atoms with Crippen LogP contribution in [-0.4, -0.2) is 17.9 Å². The average molecular weight is 306 g/mol. The number of hydrogen-bond donors (Lipinski definition) is 1. The van der Waals surface area contributed by atoms with Gasteiger partial charge in [-0.25, -0.2) is 10.2 Å². The van der Waals surface area contributed by atoms with Crippen molar-refractivity contribution < 1.29 is 9.53 Å². The topological polar surface area (TPSA) is 50.7 Å². The molecule has 0 aliphatic rings. The number of carbonyl (C=O) groups excluding carboxylic acids is 1. The normalized spacial score (nSPS) is 11.1. The van der Waals surface area contributed by atoms with E-state index < -0.39 is 6.09 Å². The number of nitrogens with one attached hydrogen (secondary N) is 1. The second kappa shape index (κ2) is 6.50. The zero-order valence-corrected chi connectivity index (χ0v) is 10.9. The third-order valence-corrected chi connectivity index (χ3v) is 2.43. The molecule has 6 heteroatoms. The summed E-state index contributed by atoms with van der Waals surface area (Å²) in [6.07, 6.45) is -0.627. The molecule has 0 aromatic heterocycles. The molecule has 0 aliphatic carbocycles. The van der Waals surface area contributed by atoms with Crippen molar-refractivity contribution in [3.05, 3.63) is 34.3 Å². The second-order valence-corrected chi connectivity index (χ2v) is 4.02. The predicted octanol–water partition coefficient (Wildman–Crippen LogP) is 3.10. The molecule has 0 saturated heterocycles. The Balaban J connectivity index is 2.63. The lowest BCUT2D eigenvalue weighted by molar-refractivity contribution is 0.152. The highest BCUT2D eigenvalue weighted by Gasteiger charge is 2.02. The minimum atomic E-state index is -0.627. The largest absolute Gasteiger partial charge is 0.449 e. The van der Waals surface area contributed by atoms with Crippen LogP contribution >= 0.6 is 27.5 Å². The zero-order chi connectivity index (χ0) is 12.0. The molecule has 0 bridgehead atoms. The summed E-state index contributed by atoms with van der Waals surface area (Å²) >= 11 is 9.17. The van der Waals surface area contributed by atoms with Crippen molar-refractivity contribution in [1.82, 2.24) is 5.43 Å². The Hall–Kier alpha value is -1.07. The molecule has 1 aromatic carbocycles. The van der Waals surface area contributed by atoms with Gasteiger partial charge in [-0.3, -0.25) is 0 Å². The molecule has 0 fully saturated rings. The molecule has 0 radical (unpaired) electrons. The maximum Gasteiger partial charge on any atom is 0.427 e. The van der Waals surface area contributed by atoms with Crippen LogP contribution in [0.3, 0.4) is 0 Å². The van der Waals surface area contributed by atoms with Crippen LogP contribution in [-0.2, 0) is 4.74 Å². The minimum absolute atomic E-state index is 0.195. The van der Waals surface area contributed by atoms with Gasteiger partial charge in [0.25, 0.3) is 0 Å². The first-order chi connectivity index (χ1) is 7.63. The third-order valence-electron chi connectivity index (χ3n) is 1.60. The Morgan fingerprint density at radius 2 is 2.12 bits per heavy atom. The summed E-state index contributed by atoms with van der Waals surface area (Å²) in [5.74, 6) is 0. The fourth-order valence-corrected chi connectivity index (χ4v) is 1.34. The highest BCUT2D eigenvalue weighted by molar-refractivity contribution is 9.10. The number of hydrazone groups is 1. The first-order valence-electron chi connectivity index (χ1n) is 4.55. The van der Waals surface area contributed by atoms with Crippen molar-refractivity contribution in [2.45, 2.75) is 6.92 Å². The average Bonchev–Trinajstić information content (AvgIpc) is 2.27. The lowest BCUT2D eigenvalue weighted by Crippen LogP contribution is -2.19. The molecule has 0 atom stereocenters. The SMILES string of the molecule is CCOC(=O)NN=C(Cl)c1ccc(Br)cc1. The molecule has 4 nitrogen and oxygen atoms in total. The van der Waals surface area contributed by atoms with Crippen molar-refractivity contribution >= 4 is 38.8 Å². The fraction of sp³-hybridized carbons (Fsp3) is 0.200. The number of hydrogen-bond acceptors (Lipinski definition) is 3. The second-order valence-electron chi connectivity index (χ2n) is 2.74. The van der Waals surface area contributed by atoms with Crippen molar-refractivity contribution in [3.63, 3.8) is 0 Å². The third kappa shape index (κ3) is 4.20. The first kappa shape index (κ1) is 13.0. The molecule has 0 unspecified atom stereocenters. The highest BCUT2D eigenvalue weighted by Crippen LogP contribution is 2.12. The van der Waals surface area contributed by atoms with E-state index in [4.69, 9.17) is 11.6 Å². The van der Waals surface area contributed by atoms with Gasteiger partial charge in [0.05, 0.1) is 6.61 Å². The monoisotopic (exact) mass is 304 g/mol. The van der Waals surface area contributed by atoms with E-state index in [2.05, 4.69) is 31.2 Å². The van der Waals surface area contributed by atoms with Gasteiger partial charge in [-0.2, -0.15) is 5.10 Å². The van der Waals surface area contributed by atoms with Crippen LogP contribution in [0, 0.1) is 0 Å². The molecule has 0 saturated carbocycles. The van der Waals surface area contributed by atoms with Gasteiger partial charge < -0.3 is 4.74 Å². The highest BCUT2D eigenvalue weighted by atomic mass is 79.9. The predicted molar refractivity (Wildman–Crippen MR) is 66.7 cm³/mol. The van der Waals surface area contributed by atoms with E-state index in [0.717, 1.165) is 4.47 Å². The summed E-state index contributed by atoms with van der Waals surface area (Å²) in [6.45, 7) is 2.00. The molecule has 1 N–H and O–H groups in total. The van der Waals surface area contributed by atoms with E-state index in [9.17, 15) is 4.79 Å².